The summed E-state index contributed by atoms with van der Waals surface area (Å²) in [5.74, 6) is 0.700. The molecule has 1 aliphatic rings. The monoisotopic (exact) mass is 257 g/mol. The third kappa shape index (κ3) is 2.36. The number of rotatable bonds is 3. The number of aromatic nitrogens is 2. The van der Waals surface area contributed by atoms with Crippen LogP contribution in [0.1, 0.15) is 36.7 Å². The summed E-state index contributed by atoms with van der Waals surface area (Å²) in [4.78, 5) is 18.1. The Morgan fingerprint density at radius 2 is 2.05 bits per heavy atom. The quantitative estimate of drug-likeness (QED) is 0.845. The molecule has 2 heterocycles. The fourth-order valence-corrected chi connectivity index (χ4v) is 2.50. The number of hydrogen-bond donors (Lipinski definition) is 0. The van der Waals surface area contributed by atoms with Crippen molar-refractivity contribution in [1.29, 1.82) is 0 Å². The van der Waals surface area contributed by atoms with Crippen LogP contribution in [0.15, 0.2) is 41.2 Å². The van der Waals surface area contributed by atoms with E-state index in [4.69, 9.17) is 4.52 Å². The van der Waals surface area contributed by atoms with Crippen molar-refractivity contribution in [1.82, 2.24) is 15.0 Å². The molecule has 1 saturated heterocycles. The van der Waals surface area contributed by atoms with E-state index in [1.807, 2.05) is 35.2 Å². The maximum absolute atomic E-state index is 12.1. The minimum Gasteiger partial charge on any atom is -0.343 e. The summed E-state index contributed by atoms with van der Waals surface area (Å²) in [6.07, 6.45) is 3.89. The van der Waals surface area contributed by atoms with Crippen LogP contribution in [0.5, 0.6) is 0 Å². The minimum atomic E-state index is -0.243. The number of likely N-dealkylation sites (tertiary alicyclic amines) is 1. The van der Waals surface area contributed by atoms with Gasteiger partial charge < -0.3 is 9.42 Å². The van der Waals surface area contributed by atoms with Crippen LogP contribution in [0.3, 0.4) is 0 Å². The first-order valence-electron chi connectivity index (χ1n) is 6.47. The fraction of sp³-hybridized carbons (Fsp3) is 0.357. The summed E-state index contributed by atoms with van der Waals surface area (Å²) in [6, 6.07) is 9.60. The van der Waals surface area contributed by atoms with Crippen LogP contribution < -0.4 is 0 Å². The molecule has 5 heteroatoms. The lowest BCUT2D eigenvalue weighted by molar-refractivity contribution is -0.135. The largest absolute Gasteiger partial charge is 0.343 e. The number of carbonyl (C=O) groups excluding carboxylic acids is 1. The van der Waals surface area contributed by atoms with Crippen LogP contribution in [0, 0.1) is 0 Å². The Balaban J connectivity index is 1.99. The Morgan fingerprint density at radius 3 is 2.74 bits per heavy atom. The molecule has 98 valence electrons. The molecule has 1 aromatic carbocycles. The van der Waals surface area contributed by atoms with Gasteiger partial charge >= 0.3 is 0 Å². The van der Waals surface area contributed by atoms with E-state index in [0.717, 1.165) is 24.9 Å². The Hall–Kier alpha value is -2.17. The summed E-state index contributed by atoms with van der Waals surface area (Å²) in [5.41, 5.74) is 1.01. The number of amides is 1. The van der Waals surface area contributed by atoms with Crippen LogP contribution in [-0.2, 0) is 4.79 Å². The van der Waals surface area contributed by atoms with Gasteiger partial charge in [-0.2, -0.15) is 4.98 Å². The second-order valence-corrected chi connectivity index (χ2v) is 4.65. The van der Waals surface area contributed by atoms with Crippen molar-refractivity contribution >= 4 is 5.91 Å². The van der Waals surface area contributed by atoms with Crippen molar-refractivity contribution in [3.63, 3.8) is 0 Å². The molecule has 1 aliphatic heterocycles. The summed E-state index contributed by atoms with van der Waals surface area (Å²) in [7, 11) is 0. The molecular weight excluding hydrogens is 242 g/mol. The van der Waals surface area contributed by atoms with Crippen molar-refractivity contribution in [2.45, 2.75) is 25.3 Å². The van der Waals surface area contributed by atoms with Crippen molar-refractivity contribution < 1.29 is 9.32 Å². The van der Waals surface area contributed by atoms with Crippen LogP contribution in [-0.4, -0.2) is 27.5 Å². The second-order valence-electron chi connectivity index (χ2n) is 4.65. The van der Waals surface area contributed by atoms with Crippen LogP contribution in [0.4, 0.5) is 0 Å². The highest BCUT2D eigenvalue weighted by Crippen LogP contribution is 2.29. The van der Waals surface area contributed by atoms with Crippen molar-refractivity contribution in [3.8, 4) is 0 Å². The zero-order valence-corrected chi connectivity index (χ0v) is 10.5. The van der Waals surface area contributed by atoms with Gasteiger partial charge in [-0.05, 0) is 18.4 Å². The van der Waals surface area contributed by atoms with Gasteiger partial charge in [0, 0.05) is 13.0 Å². The fourth-order valence-electron chi connectivity index (χ4n) is 2.50. The Labute approximate surface area is 111 Å². The number of benzene rings is 1. The maximum Gasteiger partial charge on any atom is 0.223 e. The van der Waals surface area contributed by atoms with Gasteiger partial charge in [0.1, 0.15) is 6.04 Å². The first-order valence-corrected chi connectivity index (χ1v) is 6.47. The van der Waals surface area contributed by atoms with Crippen LogP contribution >= 0.6 is 0 Å². The molecule has 1 amide bonds. The highest BCUT2D eigenvalue weighted by molar-refractivity contribution is 5.77. The zero-order valence-electron chi connectivity index (χ0n) is 10.5. The smallest absolute Gasteiger partial charge is 0.223 e. The molecule has 0 saturated carbocycles. The topological polar surface area (TPSA) is 59.2 Å². The zero-order chi connectivity index (χ0) is 13.1. The van der Waals surface area contributed by atoms with Crippen molar-refractivity contribution in [3.05, 3.63) is 48.1 Å². The lowest BCUT2D eigenvalue weighted by Crippen LogP contribution is -2.39. The molecular formula is C14H15N3O2. The standard InChI is InChI=1S/C14H15N3O2/c18-12-8-4-5-9-17(12)13(14-15-10-19-16-14)11-6-2-1-3-7-11/h1-3,6-7,10,13H,4-5,8-9H2. The molecule has 0 N–H and O–H groups in total. The molecule has 0 spiro atoms. The minimum absolute atomic E-state index is 0.157. The van der Waals surface area contributed by atoms with Crippen LogP contribution in [0.25, 0.3) is 0 Å². The normalized spacial score (nSPS) is 17.5. The van der Waals surface area contributed by atoms with E-state index in [1.54, 1.807) is 0 Å². The molecule has 1 atom stereocenters. The van der Waals surface area contributed by atoms with Gasteiger partial charge in [-0.1, -0.05) is 35.5 Å². The van der Waals surface area contributed by atoms with E-state index in [-0.39, 0.29) is 11.9 Å². The third-order valence-corrected chi connectivity index (χ3v) is 3.41. The van der Waals surface area contributed by atoms with Gasteiger partial charge in [-0.15, -0.1) is 0 Å². The highest BCUT2D eigenvalue weighted by Gasteiger charge is 2.31. The molecule has 1 aromatic heterocycles. The molecule has 19 heavy (non-hydrogen) atoms. The number of hydrogen-bond acceptors (Lipinski definition) is 4. The van der Waals surface area contributed by atoms with Gasteiger partial charge in [0.25, 0.3) is 0 Å². The van der Waals surface area contributed by atoms with E-state index < -0.39 is 0 Å². The Bertz CT molecular complexity index is 539. The molecule has 1 unspecified atom stereocenters. The molecule has 5 nitrogen and oxygen atoms in total. The maximum atomic E-state index is 12.1. The van der Waals surface area contributed by atoms with Gasteiger partial charge in [0.15, 0.2) is 5.82 Å². The van der Waals surface area contributed by atoms with E-state index >= 15 is 0 Å². The summed E-state index contributed by atoms with van der Waals surface area (Å²) >= 11 is 0. The first kappa shape index (κ1) is 11.9. The number of piperidine rings is 1. The van der Waals surface area contributed by atoms with Crippen LogP contribution in [0.2, 0.25) is 0 Å². The third-order valence-electron chi connectivity index (χ3n) is 3.41. The molecule has 1 fully saturated rings. The Kier molecular flexibility index (Phi) is 3.27. The number of nitrogens with zero attached hydrogens (tertiary/aromatic N) is 3. The average molecular weight is 257 g/mol. The molecule has 2 aromatic rings. The van der Waals surface area contributed by atoms with E-state index in [9.17, 15) is 4.79 Å². The van der Waals surface area contributed by atoms with Gasteiger partial charge in [-0.25, -0.2) is 0 Å². The summed E-state index contributed by atoms with van der Waals surface area (Å²) in [5, 5.41) is 3.92. The summed E-state index contributed by atoms with van der Waals surface area (Å²) in [6.45, 7) is 0.743. The highest BCUT2D eigenvalue weighted by atomic mass is 16.5. The SMILES string of the molecule is O=C1CCCCN1C(c1ccccc1)c1ncon1. The van der Waals surface area contributed by atoms with E-state index in [0.29, 0.717) is 12.2 Å². The Morgan fingerprint density at radius 1 is 1.21 bits per heavy atom. The lowest BCUT2D eigenvalue weighted by atomic mass is 10.0. The van der Waals surface area contributed by atoms with E-state index in [2.05, 4.69) is 10.1 Å². The molecule has 0 aliphatic carbocycles. The predicted molar refractivity (Wildman–Crippen MR) is 68.1 cm³/mol. The lowest BCUT2D eigenvalue weighted by Gasteiger charge is -2.33. The van der Waals surface area contributed by atoms with Crippen molar-refractivity contribution in [2.75, 3.05) is 6.54 Å². The van der Waals surface area contributed by atoms with Crippen molar-refractivity contribution in [2.24, 2.45) is 0 Å². The molecule has 0 radical (unpaired) electrons. The first-order chi connectivity index (χ1) is 9.36. The predicted octanol–water partition coefficient (Wildman–Crippen LogP) is 2.17. The van der Waals surface area contributed by atoms with Gasteiger partial charge in [0.05, 0.1) is 0 Å². The molecule has 3 rings (SSSR count). The number of carbonyl (C=O) groups is 1. The second kappa shape index (κ2) is 5.22. The molecule has 0 bridgehead atoms. The van der Waals surface area contributed by atoms with Gasteiger partial charge in [0.2, 0.25) is 12.3 Å². The van der Waals surface area contributed by atoms with Gasteiger partial charge in [-0.3, -0.25) is 4.79 Å². The van der Waals surface area contributed by atoms with E-state index in [1.165, 1.54) is 6.39 Å². The average Bonchev–Trinajstić information content (AvgIpc) is 2.96. The summed E-state index contributed by atoms with van der Waals surface area (Å²) < 4.78 is 4.84.